The van der Waals surface area contributed by atoms with E-state index in [1.807, 2.05) is 0 Å². The smallest absolute Gasteiger partial charge is 0.368 e. The molecule has 0 aliphatic heterocycles. The fourth-order valence-corrected chi connectivity index (χ4v) is 0.990. The van der Waals surface area contributed by atoms with E-state index in [0.717, 1.165) is 16.9 Å². The third-order valence-corrected chi connectivity index (χ3v) is 1.70. The molecule has 1 rings (SSSR count). The van der Waals surface area contributed by atoms with Gasteiger partial charge in [0, 0.05) is 6.20 Å². The number of hydrogen-bond acceptors (Lipinski definition) is 3. The zero-order chi connectivity index (χ0) is 13.1. The Labute approximate surface area is 93.6 Å². The van der Waals surface area contributed by atoms with Gasteiger partial charge in [0.05, 0.1) is 6.54 Å². The Morgan fingerprint density at radius 2 is 2.12 bits per heavy atom. The summed E-state index contributed by atoms with van der Waals surface area (Å²) in [4.78, 5) is 21.4. The summed E-state index contributed by atoms with van der Waals surface area (Å²) in [6.45, 7) is -0.782. The monoisotopic (exact) mass is 250 g/mol. The van der Waals surface area contributed by atoms with E-state index in [-0.39, 0.29) is 6.54 Å². The number of alkyl halides is 3. The van der Waals surface area contributed by atoms with Gasteiger partial charge < -0.3 is 11.1 Å². The number of primary amides is 1. The molecule has 0 saturated heterocycles. The first-order valence-electron chi connectivity index (χ1n) is 4.44. The second-order valence-corrected chi connectivity index (χ2v) is 3.14. The highest BCUT2D eigenvalue weighted by Gasteiger charge is 2.33. The third-order valence-electron chi connectivity index (χ3n) is 1.70. The average Bonchev–Trinajstić information content (AvgIpc) is 2.62. The van der Waals surface area contributed by atoms with Gasteiger partial charge in [0.25, 0.3) is 0 Å². The Hall–Kier alpha value is -2.06. The lowest BCUT2D eigenvalue weighted by Gasteiger charge is -2.03. The molecule has 2 amide bonds. The number of aromatic nitrogens is 2. The van der Waals surface area contributed by atoms with Crippen LogP contribution in [0.5, 0.6) is 0 Å². The fraction of sp³-hybridized carbons (Fsp3) is 0.375. The van der Waals surface area contributed by atoms with Crippen molar-refractivity contribution in [2.45, 2.75) is 12.7 Å². The molecule has 6 nitrogen and oxygen atoms in total. The van der Waals surface area contributed by atoms with E-state index in [4.69, 9.17) is 5.73 Å². The summed E-state index contributed by atoms with van der Waals surface area (Å²) in [5, 5.41) is 5.29. The number of hydrogen-bond donors (Lipinski definition) is 2. The molecule has 0 aliphatic rings. The van der Waals surface area contributed by atoms with Crippen molar-refractivity contribution in [1.82, 2.24) is 15.1 Å². The van der Waals surface area contributed by atoms with Crippen LogP contribution in [0.25, 0.3) is 0 Å². The van der Waals surface area contributed by atoms with Crippen molar-refractivity contribution >= 4 is 11.8 Å². The molecule has 94 valence electrons. The third kappa shape index (κ3) is 4.13. The first-order chi connectivity index (χ1) is 7.79. The van der Waals surface area contributed by atoms with Crippen LogP contribution in [0, 0.1) is 0 Å². The lowest BCUT2D eigenvalue weighted by Crippen LogP contribution is -2.35. The second kappa shape index (κ2) is 4.85. The molecule has 0 fully saturated rings. The van der Waals surface area contributed by atoms with Crippen LogP contribution in [0.4, 0.5) is 13.2 Å². The van der Waals surface area contributed by atoms with Crippen LogP contribution in [-0.2, 0) is 22.3 Å². The van der Waals surface area contributed by atoms with Crippen molar-refractivity contribution in [2.24, 2.45) is 5.73 Å². The van der Waals surface area contributed by atoms with Gasteiger partial charge in [-0.05, 0) is 6.07 Å². The Kier molecular flexibility index (Phi) is 3.71. The molecule has 0 radical (unpaired) electrons. The van der Waals surface area contributed by atoms with Crippen LogP contribution >= 0.6 is 0 Å². The first kappa shape index (κ1) is 13.0. The van der Waals surface area contributed by atoms with Crippen molar-refractivity contribution in [2.75, 3.05) is 6.54 Å². The molecule has 0 unspecified atom stereocenters. The van der Waals surface area contributed by atoms with Crippen molar-refractivity contribution in [3.05, 3.63) is 18.0 Å². The molecular weight excluding hydrogens is 241 g/mol. The van der Waals surface area contributed by atoms with Crippen LogP contribution in [0.15, 0.2) is 12.3 Å². The maximum Gasteiger partial charge on any atom is 0.435 e. The molecule has 1 aromatic rings. The largest absolute Gasteiger partial charge is 0.435 e. The topological polar surface area (TPSA) is 90.0 Å². The van der Waals surface area contributed by atoms with E-state index in [1.165, 1.54) is 0 Å². The molecule has 17 heavy (non-hydrogen) atoms. The summed E-state index contributed by atoms with van der Waals surface area (Å²) in [6.07, 6.45) is -3.53. The molecule has 0 aromatic carbocycles. The Morgan fingerprint density at radius 1 is 1.47 bits per heavy atom. The molecule has 0 bridgehead atoms. The van der Waals surface area contributed by atoms with Crippen LogP contribution in [0.1, 0.15) is 5.69 Å². The molecule has 0 saturated carbocycles. The normalized spacial score (nSPS) is 11.2. The van der Waals surface area contributed by atoms with Crippen LogP contribution in [-0.4, -0.2) is 28.1 Å². The summed E-state index contributed by atoms with van der Waals surface area (Å²) in [6, 6.07) is 0.751. The van der Waals surface area contributed by atoms with E-state index in [0.29, 0.717) is 0 Å². The predicted octanol–water partition coefficient (Wildman–Crippen LogP) is -0.497. The quantitative estimate of drug-likeness (QED) is 0.755. The Bertz CT molecular complexity index is 427. The number of nitrogens with one attached hydrogen (secondary N) is 1. The van der Waals surface area contributed by atoms with E-state index >= 15 is 0 Å². The van der Waals surface area contributed by atoms with Gasteiger partial charge in [-0.1, -0.05) is 0 Å². The summed E-state index contributed by atoms with van der Waals surface area (Å²) in [5.41, 5.74) is 3.69. The van der Waals surface area contributed by atoms with Gasteiger partial charge in [0.1, 0.15) is 6.54 Å². The molecule has 0 spiro atoms. The number of amides is 2. The van der Waals surface area contributed by atoms with Gasteiger partial charge in [-0.15, -0.1) is 0 Å². The first-order valence-corrected chi connectivity index (χ1v) is 4.44. The average molecular weight is 250 g/mol. The second-order valence-electron chi connectivity index (χ2n) is 3.14. The lowest BCUT2D eigenvalue weighted by atomic mass is 10.4. The van der Waals surface area contributed by atoms with Gasteiger partial charge in [0.2, 0.25) is 11.8 Å². The number of halogens is 3. The number of nitrogens with two attached hydrogens (primary N) is 1. The molecular formula is C8H9F3N4O2. The predicted molar refractivity (Wildman–Crippen MR) is 49.4 cm³/mol. The van der Waals surface area contributed by atoms with Crippen LogP contribution < -0.4 is 11.1 Å². The highest BCUT2D eigenvalue weighted by atomic mass is 19.4. The minimum atomic E-state index is -4.55. The zero-order valence-electron chi connectivity index (χ0n) is 8.49. The highest BCUT2D eigenvalue weighted by molar-refractivity contribution is 5.83. The molecule has 3 N–H and O–H groups in total. The van der Waals surface area contributed by atoms with Gasteiger partial charge in [-0.3, -0.25) is 14.3 Å². The highest BCUT2D eigenvalue weighted by Crippen LogP contribution is 2.27. The van der Waals surface area contributed by atoms with Gasteiger partial charge in [-0.25, -0.2) is 0 Å². The minimum absolute atomic E-state index is 0.369. The minimum Gasteiger partial charge on any atom is -0.368 e. The SMILES string of the molecule is NC(=O)CNC(=O)Cn1ccc(C(F)(F)F)n1. The maximum atomic E-state index is 12.2. The molecule has 1 heterocycles. The van der Waals surface area contributed by atoms with Crippen LogP contribution in [0.2, 0.25) is 0 Å². The van der Waals surface area contributed by atoms with Gasteiger partial charge in [0.15, 0.2) is 5.69 Å². The number of nitrogens with zero attached hydrogens (tertiary/aromatic N) is 2. The zero-order valence-corrected chi connectivity index (χ0v) is 8.49. The van der Waals surface area contributed by atoms with Gasteiger partial charge >= 0.3 is 6.18 Å². The van der Waals surface area contributed by atoms with Crippen molar-refractivity contribution < 1.29 is 22.8 Å². The Morgan fingerprint density at radius 3 is 2.59 bits per heavy atom. The van der Waals surface area contributed by atoms with Gasteiger partial charge in [-0.2, -0.15) is 18.3 Å². The fourth-order valence-electron chi connectivity index (χ4n) is 0.990. The van der Waals surface area contributed by atoms with E-state index in [9.17, 15) is 22.8 Å². The molecule has 0 aliphatic carbocycles. The summed E-state index contributed by atoms with van der Waals surface area (Å²) in [7, 11) is 0. The van der Waals surface area contributed by atoms with E-state index in [2.05, 4.69) is 10.4 Å². The Balaban J connectivity index is 2.55. The number of carbonyl (C=O) groups is 2. The summed E-state index contributed by atoms with van der Waals surface area (Å²) < 4.78 is 37.3. The van der Waals surface area contributed by atoms with E-state index in [1.54, 1.807) is 0 Å². The number of carbonyl (C=O) groups excluding carboxylic acids is 2. The van der Waals surface area contributed by atoms with Crippen molar-refractivity contribution in [3.8, 4) is 0 Å². The number of rotatable bonds is 4. The standard InChI is InChI=1S/C8H9F3N4O2/c9-8(10,11)5-1-2-15(14-5)4-7(17)13-3-6(12)16/h1-2H,3-4H2,(H2,12,16)(H,13,17). The molecule has 0 atom stereocenters. The van der Waals surface area contributed by atoms with Crippen molar-refractivity contribution in [1.29, 1.82) is 0 Å². The van der Waals surface area contributed by atoms with Crippen LogP contribution in [0.3, 0.4) is 0 Å². The summed E-state index contributed by atoms with van der Waals surface area (Å²) in [5.74, 6) is -1.39. The summed E-state index contributed by atoms with van der Waals surface area (Å²) >= 11 is 0. The molecule has 9 heteroatoms. The lowest BCUT2D eigenvalue weighted by molar-refractivity contribution is -0.141. The maximum absolute atomic E-state index is 12.2. The van der Waals surface area contributed by atoms with Crippen molar-refractivity contribution in [3.63, 3.8) is 0 Å². The molecule has 1 aromatic heterocycles. The van der Waals surface area contributed by atoms with E-state index < -0.39 is 30.2 Å².